The van der Waals surface area contributed by atoms with Crippen molar-refractivity contribution in [3.8, 4) is 0 Å². The summed E-state index contributed by atoms with van der Waals surface area (Å²) in [5.74, 6) is 0.378. The highest BCUT2D eigenvalue weighted by molar-refractivity contribution is 5.92. The van der Waals surface area contributed by atoms with Gasteiger partial charge in [0.05, 0.1) is 11.7 Å². The molecule has 0 radical (unpaired) electrons. The van der Waals surface area contributed by atoms with Gasteiger partial charge in [0.2, 0.25) is 5.91 Å². The number of anilines is 1. The molecule has 2 aromatic rings. The zero-order valence-corrected chi connectivity index (χ0v) is 13.7. The minimum Gasteiger partial charge on any atom is -0.396 e. The van der Waals surface area contributed by atoms with E-state index in [2.05, 4.69) is 17.1 Å². The monoisotopic (exact) mass is 339 g/mol. The second-order valence-electron chi connectivity index (χ2n) is 6.96. The van der Waals surface area contributed by atoms with Crippen LogP contribution in [0.5, 0.6) is 0 Å². The van der Waals surface area contributed by atoms with Gasteiger partial charge in [0.15, 0.2) is 0 Å². The predicted octanol–water partition coefficient (Wildman–Crippen LogP) is 0.754. The molecule has 1 aromatic heterocycles. The Hall–Kier alpha value is -2.44. The van der Waals surface area contributed by atoms with E-state index in [1.54, 1.807) is 12.1 Å². The summed E-state index contributed by atoms with van der Waals surface area (Å²) in [5, 5.41) is 20.6. The molecule has 1 aliphatic carbocycles. The number of carbonyl (C=O) groups excluding carboxylic acids is 1. The Morgan fingerprint density at radius 2 is 2.04 bits per heavy atom. The van der Waals surface area contributed by atoms with Crippen LogP contribution in [0, 0.1) is 11.3 Å². The number of aliphatic hydroxyl groups excluding tert-OH is 2. The fraction of sp³-hybridized carbons (Fsp3) is 0.368. The second kappa shape index (κ2) is 5.82. The van der Waals surface area contributed by atoms with Gasteiger partial charge in [0, 0.05) is 31.3 Å². The average Bonchev–Trinajstić information content (AvgIpc) is 3.17. The highest BCUT2D eigenvalue weighted by Crippen LogP contribution is 2.68. The second-order valence-corrected chi connectivity index (χ2v) is 6.96. The summed E-state index contributed by atoms with van der Waals surface area (Å²) in [5.41, 5.74) is 6.42. The summed E-state index contributed by atoms with van der Waals surface area (Å²) in [6.45, 7) is 1.14. The standard InChI is InChI=1S/C19H21N3O3/c20-18(25)13-6-7-16(21-8-13)22-9-15(24)19(11-22)14(10-23)17(19)12-4-2-1-3-5-12/h1-8,14-15,17,23-24H,9-11H2,(H2,20,25)/t14-,15-,17-,19-/m1/s1. The molecule has 1 aromatic carbocycles. The number of pyridine rings is 1. The van der Waals surface area contributed by atoms with Gasteiger partial charge in [-0.3, -0.25) is 4.79 Å². The Bertz CT molecular complexity index is 780. The number of aliphatic hydroxyl groups is 2. The van der Waals surface area contributed by atoms with Crippen molar-refractivity contribution in [3.05, 3.63) is 59.8 Å². The smallest absolute Gasteiger partial charge is 0.250 e. The summed E-state index contributed by atoms with van der Waals surface area (Å²) in [6, 6.07) is 13.4. The number of nitrogens with zero attached hydrogens (tertiary/aromatic N) is 2. The van der Waals surface area contributed by atoms with E-state index in [9.17, 15) is 15.0 Å². The normalized spacial score (nSPS) is 30.6. The highest BCUT2D eigenvalue weighted by atomic mass is 16.3. The van der Waals surface area contributed by atoms with E-state index < -0.39 is 12.0 Å². The maximum atomic E-state index is 11.2. The Kier molecular flexibility index (Phi) is 3.74. The number of aromatic nitrogens is 1. The molecule has 1 aliphatic heterocycles. The third kappa shape index (κ3) is 2.41. The lowest BCUT2D eigenvalue weighted by Crippen LogP contribution is -2.23. The number of amides is 1. The van der Waals surface area contributed by atoms with Crippen LogP contribution in [-0.2, 0) is 0 Å². The molecule has 2 aliphatic rings. The molecule has 130 valence electrons. The third-order valence-corrected chi connectivity index (χ3v) is 5.75. The van der Waals surface area contributed by atoms with Crippen LogP contribution in [-0.4, -0.2) is 46.9 Å². The fourth-order valence-electron chi connectivity index (χ4n) is 4.46. The van der Waals surface area contributed by atoms with Crippen molar-refractivity contribution in [1.29, 1.82) is 0 Å². The van der Waals surface area contributed by atoms with Crippen molar-refractivity contribution in [2.45, 2.75) is 12.0 Å². The SMILES string of the molecule is NC(=O)c1ccc(N2C[C@@H](O)[C@@]3(C2)[C@H](CO)[C@H]3c2ccccc2)nc1. The molecule has 4 N–H and O–H groups in total. The van der Waals surface area contributed by atoms with Crippen LogP contribution in [0.3, 0.4) is 0 Å². The molecule has 1 amide bonds. The summed E-state index contributed by atoms with van der Waals surface area (Å²) in [6.07, 6.45) is 0.924. The summed E-state index contributed by atoms with van der Waals surface area (Å²) >= 11 is 0. The average molecular weight is 339 g/mol. The van der Waals surface area contributed by atoms with Crippen molar-refractivity contribution >= 4 is 11.7 Å². The Morgan fingerprint density at radius 1 is 1.28 bits per heavy atom. The summed E-state index contributed by atoms with van der Waals surface area (Å²) < 4.78 is 0. The first-order valence-corrected chi connectivity index (χ1v) is 8.42. The van der Waals surface area contributed by atoms with E-state index in [1.807, 2.05) is 23.1 Å². The Balaban J connectivity index is 1.59. The van der Waals surface area contributed by atoms with Crippen LogP contribution in [0.4, 0.5) is 5.82 Å². The van der Waals surface area contributed by atoms with Crippen LogP contribution in [0.25, 0.3) is 0 Å². The van der Waals surface area contributed by atoms with Crippen molar-refractivity contribution in [2.24, 2.45) is 17.1 Å². The molecule has 2 fully saturated rings. The summed E-state index contributed by atoms with van der Waals surface area (Å²) in [4.78, 5) is 17.5. The molecule has 4 atom stereocenters. The number of carbonyl (C=O) groups is 1. The Labute approximate surface area is 145 Å². The molecule has 6 heteroatoms. The molecular formula is C19H21N3O3. The van der Waals surface area contributed by atoms with E-state index >= 15 is 0 Å². The van der Waals surface area contributed by atoms with Gasteiger partial charge in [-0.2, -0.15) is 0 Å². The molecule has 0 unspecified atom stereocenters. The molecular weight excluding hydrogens is 318 g/mol. The molecule has 2 heterocycles. The van der Waals surface area contributed by atoms with Gasteiger partial charge in [-0.15, -0.1) is 0 Å². The largest absolute Gasteiger partial charge is 0.396 e. The predicted molar refractivity (Wildman–Crippen MR) is 93.2 cm³/mol. The van der Waals surface area contributed by atoms with E-state index in [0.29, 0.717) is 24.5 Å². The van der Waals surface area contributed by atoms with Crippen LogP contribution < -0.4 is 10.6 Å². The number of nitrogens with two attached hydrogens (primary N) is 1. The fourth-order valence-corrected chi connectivity index (χ4v) is 4.46. The molecule has 25 heavy (non-hydrogen) atoms. The lowest BCUT2D eigenvalue weighted by atomic mass is 9.95. The number of hydrogen-bond donors (Lipinski definition) is 3. The molecule has 1 saturated carbocycles. The third-order valence-electron chi connectivity index (χ3n) is 5.75. The van der Waals surface area contributed by atoms with Crippen LogP contribution in [0.15, 0.2) is 48.7 Å². The molecule has 6 nitrogen and oxygen atoms in total. The van der Waals surface area contributed by atoms with Gasteiger partial charge in [0.25, 0.3) is 0 Å². The number of β-amino-alcohol motifs (C(OH)–C–C–N with tert-alkyl or cyclic N) is 1. The van der Waals surface area contributed by atoms with Crippen LogP contribution >= 0.6 is 0 Å². The van der Waals surface area contributed by atoms with E-state index in [0.717, 1.165) is 5.56 Å². The van der Waals surface area contributed by atoms with Crippen molar-refractivity contribution in [3.63, 3.8) is 0 Å². The molecule has 4 rings (SSSR count). The zero-order valence-electron chi connectivity index (χ0n) is 13.7. The zero-order chi connectivity index (χ0) is 17.6. The van der Waals surface area contributed by atoms with Crippen molar-refractivity contribution in [1.82, 2.24) is 4.98 Å². The molecule has 0 bridgehead atoms. The van der Waals surface area contributed by atoms with Crippen molar-refractivity contribution < 1.29 is 15.0 Å². The first-order valence-electron chi connectivity index (χ1n) is 8.42. The quantitative estimate of drug-likeness (QED) is 0.763. The van der Waals surface area contributed by atoms with E-state index in [-0.39, 0.29) is 23.9 Å². The van der Waals surface area contributed by atoms with Crippen LogP contribution in [0.2, 0.25) is 0 Å². The van der Waals surface area contributed by atoms with Gasteiger partial charge in [-0.05, 0) is 29.5 Å². The highest BCUT2D eigenvalue weighted by Gasteiger charge is 2.71. The maximum absolute atomic E-state index is 11.2. The number of hydrogen-bond acceptors (Lipinski definition) is 5. The maximum Gasteiger partial charge on any atom is 0.250 e. The van der Waals surface area contributed by atoms with Crippen LogP contribution in [0.1, 0.15) is 21.8 Å². The first kappa shape index (κ1) is 16.1. The summed E-state index contributed by atoms with van der Waals surface area (Å²) in [7, 11) is 0. The topological polar surface area (TPSA) is 99.7 Å². The van der Waals surface area contributed by atoms with Gasteiger partial charge in [0.1, 0.15) is 5.82 Å². The lowest BCUT2D eigenvalue weighted by molar-refractivity contribution is 0.1000. The Morgan fingerprint density at radius 3 is 2.64 bits per heavy atom. The minimum atomic E-state index is -0.535. The first-order chi connectivity index (χ1) is 12.1. The van der Waals surface area contributed by atoms with Gasteiger partial charge < -0.3 is 20.8 Å². The van der Waals surface area contributed by atoms with Gasteiger partial charge in [-0.25, -0.2) is 4.98 Å². The van der Waals surface area contributed by atoms with E-state index in [4.69, 9.17) is 5.73 Å². The molecule has 1 saturated heterocycles. The minimum absolute atomic E-state index is 0.0415. The number of primary amides is 1. The van der Waals surface area contributed by atoms with Gasteiger partial charge >= 0.3 is 0 Å². The van der Waals surface area contributed by atoms with Crippen molar-refractivity contribution in [2.75, 3.05) is 24.6 Å². The number of benzene rings is 1. The number of rotatable bonds is 4. The van der Waals surface area contributed by atoms with E-state index in [1.165, 1.54) is 6.20 Å². The lowest BCUT2D eigenvalue weighted by Gasteiger charge is -2.17. The van der Waals surface area contributed by atoms with Gasteiger partial charge in [-0.1, -0.05) is 30.3 Å². The molecule has 1 spiro atoms.